The van der Waals surface area contributed by atoms with Gasteiger partial charge in [0.15, 0.2) is 0 Å². The van der Waals surface area contributed by atoms with Crippen LogP contribution in [0.4, 0.5) is 0 Å². The van der Waals surface area contributed by atoms with Crippen LogP contribution in [0.1, 0.15) is 40.1 Å². The third-order valence-corrected chi connectivity index (χ3v) is 5.13. The van der Waals surface area contributed by atoms with Crippen LogP contribution >= 0.6 is 15.9 Å². The van der Waals surface area contributed by atoms with Gasteiger partial charge >= 0.3 is 11.9 Å². The van der Waals surface area contributed by atoms with E-state index in [4.69, 9.17) is 14.2 Å². The molecule has 0 aliphatic heterocycles. The minimum absolute atomic E-state index is 0.263. The first-order valence-electron chi connectivity index (χ1n) is 10.4. The molecule has 0 aliphatic rings. The third kappa shape index (κ3) is 6.95. The van der Waals surface area contributed by atoms with Crippen molar-refractivity contribution < 1.29 is 23.8 Å². The molecule has 166 valence electrons. The predicted octanol–water partition coefficient (Wildman–Crippen LogP) is 6.10. The highest BCUT2D eigenvalue weighted by atomic mass is 79.9. The average molecular weight is 497 g/mol. The molecule has 0 aromatic heterocycles. The second-order valence-corrected chi connectivity index (χ2v) is 8.49. The number of benzene rings is 3. The maximum Gasteiger partial charge on any atom is 0.343 e. The lowest BCUT2D eigenvalue weighted by Crippen LogP contribution is -2.11. The van der Waals surface area contributed by atoms with Gasteiger partial charge < -0.3 is 14.2 Å². The van der Waals surface area contributed by atoms with Crippen LogP contribution in [0.25, 0.3) is 0 Å². The molecule has 0 heterocycles. The second kappa shape index (κ2) is 11.5. The van der Waals surface area contributed by atoms with E-state index in [1.165, 1.54) is 5.56 Å². The van der Waals surface area contributed by atoms with Crippen molar-refractivity contribution >= 4 is 27.9 Å². The molecule has 0 fully saturated rings. The molecule has 0 saturated carbocycles. The van der Waals surface area contributed by atoms with E-state index >= 15 is 0 Å². The van der Waals surface area contributed by atoms with Gasteiger partial charge in [0, 0.05) is 6.42 Å². The summed E-state index contributed by atoms with van der Waals surface area (Å²) in [6.07, 6.45) is 0.790. The maximum atomic E-state index is 12.5. The summed E-state index contributed by atoms with van der Waals surface area (Å²) in [5.41, 5.74) is 1.99. The molecule has 0 spiro atoms. The van der Waals surface area contributed by atoms with Crippen molar-refractivity contribution in [2.24, 2.45) is 5.92 Å². The van der Waals surface area contributed by atoms with Crippen LogP contribution in [0, 0.1) is 5.92 Å². The van der Waals surface area contributed by atoms with Gasteiger partial charge in [0.25, 0.3) is 0 Å². The van der Waals surface area contributed by atoms with Gasteiger partial charge in [0.2, 0.25) is 0 Å². The molecule has 3 rings (SSSR count). The van der Waals surface area contributed by atoms with E-state index in [-0.39, 0.29) is 5.92 Å². The van der Waals surface area contributed by atoms with Crippen LogP contribution < -0.4 is 9.47 Å². The molecule has 5 nitrogen and oxygen atoms in total. The summed E-state index contributed by atoms with van der Waals surface area (Å²) in [6.45, 7) is 4.82. The van der Waals surface area contributed by atoms with Crippen molar-refractivity contribution in [1.82, 2.24) is 0 Å². The molecule has 0 bridgehead atoms. The molecule has 0 aliphatic carbocycles. The fourth-order valence-electron chi connectivity index (χ4n) is 2.82. The molecule has 0 saturated heterocycles. The van der Waals surface area contributed by atoms with Crippen molar-refractivity contribution in [1.29, 1.82) is 0 Å². The molecule has 6 heteroatoms. The van der Waals surface area contributed by atoms with E-state index in [0.717, 1.165) is 6.42 Å². The van der Waals surface area contributed by atoms with Crippen LogP contribution in [0.5, 0.6) is 11.5 Å². The van der Waals surface area contributed by atoms with Crippen molar-refractivity contribution in [3.63, 3.8) is 0 Å². The van der Waals surface area contributed by atoms with Gasteiger partial charge in [-0.25, -0.2) is 9.59 Å². The lowest BCUT2D eigenvalue weighted by atomic mass is 10.2. The topological polar surface area (TPSA) is 61.8 Å². The number of esters is 2. The summed E-state index contributed by atoms with van der Waals surface area (Å²) in [5, 5.41) is 0. The minimum atomic E-state index is -0.503. The highest BCUT2D eigenvalue weighted by molar-refractivity contribution is 9.10. The van der Waals surface area contributed by atoms with Crippen molar-refractivity contribution in [2.75, 3.05) is 13.2 Å². The van der Waals surface area contributed by atoms with E-state index < -0.39 is 11.9 Å². The minimum Gasteiger partial charge on any atom is -0.492 e. The molecule has 0 unspecified atom stereocenters. The molecule has 3 aromatic carbocycles. The monoisotopic (exact) mass is 496 g/mol. The standard InChI is InChI=1S/C26H25BrO5/c1-18(2)17-31-25(28)20-8-11-22(12-9-20)32-26(29)21-10-13-24(23(27)16-21)30-15-14-19-6-4-3-5-7-19/h3-13,16,18H,14-15,17H2,1-2H3. The number of rotatable bonds is 9. The Kier molecular flexibility index (Phi) is 8.45. The fourth-order valence-corrected chi connectivity index (χ4v) is 3.31. The largest absolute Gasteiger partial charge is 0.492 e. The van der Waals surface area contributed by atoms with Gasteiger partial charge in [-0.15, -0.1) is 0 Å². The quantitative estimate of drug-likeness (QED) is 0.264. The van der Waals surface area contributed by atoms with Crippen LogP contribution in [0.15, 0.2) is 77.3 Å². The van der Waals surface area contributed by atoms with Gasteiger partial charge in [-0.05, 0) is 69.9 Å². The number of carbonyl (C=O) groups excluding carboxylic acids is 2. The fraction of sp³-hybridized carbons (Fsp3) is 0.231. The van der Waals surface area contributed by atoms with Crippen LogP contribution in [-0.2, 0) is 11.2 Å². The summed E-state index contributed by atoms with van der Waals surface area (Å²) in [4.78, 5) is 24.5. The molecule has 0 amide bonds. The molecule has 3 aromatic rings. The Morgan fingerprint density at radius 1 is 0.875 bits per heavy atom. The van der Waals surface area contributed by atoms with Gasteiger partial charge in [0.1, 0.15) is 11.5 Å². The smallest absolute Gasteiger partial charge is 0.343 e. The van der Waals surface area contributed by atoms with E-state index in [0.29, 0.717) is 40.3 Å². The Morgan fingerprint density at radius 3 is 2.22 bits per heavy atom. The lowest BCUT2D eigenvalue weighted by Gasteiger charge is -2.10. The maximum absolute atomic E-state index is 12.5. The molecule has 0 radical (unpaired) electrons. The van der Waals surface area contributed by atoms with Gasteiger partial charge in [-0.3, -0.25) is 0 Å². The van der Waals surface area contributed by atoms with Crippen LogP contribution in [0.3, 0.4) is 0 Å². The average Bonchev–Trinajstić information content (AvgIpc) is 2.79. The SMILES string of the molecule is CC(C)COC(=O)c1ccc(OC(=O)c2ccc(OCCc3ccccc3)c(Br)c2)cc1. The molecule has 32 heavy (non-hydrogen) atoms. The molecule has 0 N–H and O–H groups in total. The molecular formula is C26H25BrO5. The normalized spacial score (nSPS) is 10.6. The van der Waals surface area contributed by atoms with Crippen LogP contribution in [-0.4, -0.2) is 25.2 Å². The summed E-state index contributed by atoms with van der Waals surface area (Å²) in [5.74, 6) is 0.357. The Balaban J connectivity index is 1.54. The van der Waals surface area contributed by atoms with E-state index in [9.17, 15) is 9.59 Å². The molecule has 0 atom stereocenters. The Hall–Kier alpha value is -3.12. The van der Waals surface area contributed by atoms with E-state index in [2.05, 4.69) is 28.1 Å². The number of halogens is 1. The van der Waals surface area contributed by atoms with Crippen molar-refractivity contribution in [3.8, 4) is 11.5 Å². The first-order valence-corrected chi connectivity index (χ1v) is 11.2. The lowest BCUT2D eigenvalue weighted by molar-refractivity contribution is 0.0459. The van der Waals surface area contributed by atoms with Crippen molar-refractivity contribution in [2.45, 2.75) is 20.3 Å². The number of hydrogen-bond donors (Lipinski definition) is 0. The zero-order valence-corrected chi connectivity index (χ0v) is 19.6. The summed E-state index contributed by atoms with van der Waals surface area (Å²) in [6, 6.07) is 21.4. The summed E-state index contributed by atoms with van der Waals surface area (Å²) in [7, 11) is 0. The second-order valence-electron chi connectivity index (χ2n) is 7.64. The predicted molar refractivity (Wildman–Crippen MR) is 126 cm³/mol. The van der Waals surface area contributed by atoms with Crippen molar-refractivity contribution in [3.05, 3.63) is 94.0 Å². The number of ether oxygens (including phenoxy) is 3. The highest BCUT2D eigenvalue weighted by Gasteiger charge is 2.13. The third-order valence-electron chi connectivity index (χ3n) is 4.51. The van der Waals surface area contributed by atoms with Gasteiger partial charge in [-0.1, -0.05) is 44.2 Å². The van der Waals surface area contributed by atoms with E-state index in [1.54, 1.807) is 42.5 Å². The Labute approximate surface area is 196 Å². The zero-order chi connectivity index (χ0) is 22.9. The Bertz CT molecular complexity index is 1050. The van der Waals surface area contributed by atoms with Crippen LogP contribution in [0.2, 0.25) is 0 Å². The number of carbonyl (C=O) groups is 2. The summed E-state index contributed by atoms with van der Waals surface area (Å²) >= 11 is 3.45. The van der Waals surface area contributed by atoms with Gasteiger partial charge in [-0.2, -0.15) is 0 Å². The highest BCUT2D eigenvalue weighted by Crippen LogP contribution is 2.27. The first-order chi connectivity index (χ1) is 15.4. The van der Waals surface area contributed by atoms with E-state index in [1.807, 2.05) is 32.0 Å². The van der Waals surface area contributed by atoms with Gasteiger partial charge in [0.05, 0.1) is 28.8 Å². The molecular weight excluding hydrogens is 472 g/mol. The summed E-state index contributed by atoms with van der Waals surface area (Å²) < 4.78 is 17.1. The zero-order valence-electron chi connectivity index (χ0n) is 18.0. The first kappa shape index (κ1) is 23.5. The number of hydrogen-bond acceptors (Lipinski definition) is 5. The Morgan fingerprint density at radius 2 is 1.56 bits per heavy atom.